The van der Waals surface area contributed by atoms with Gasteiger partial charge in [-0.15, -0.1) is 0 Å². The van der Waals surface area contributed by atoms with Crippen molar-refractivity contribution >= 4 is 30.5 Å². The number of hydrogen-bond acceptors (Lipinski definition) is 5. The number of ether oxygens (including phenoxy) is 1. The van der Waals surface area contributed by atoms with Crippen molar-refractivity contribution in [1.29, 1.82) is 0 Å². The minimum Gasteiger partial charge on any atom is -0.444 e. The smallest absolute Gasteiger partial charge is 0.408 e. The molecule has 34 heavy (non-hydrogen) atoms. The van der Waals surface area contributed by atoms with Crippen LogP contribution in [0.25, 0.3) is 0 Å². The van der Waals surface area contributed by atoms with Crippen LogP contribution in [0.4, 0.5) is 4.79 Å². The molecule has 3 amide bonds. The second-order valence-electron chi connectivity index (χ2n) is 9.73. The van der Waals surface area contributed by atoms with E-state index < -0.39 is 23.8 Å². The number of alkyl carbamates (subject to hydrolysis) is 1. The van der Waals surface area contributed by atoms with Crippen molar-refractivity contribution in [2.24, 2.45) is 0 Å². The summed E-state index contributed by atoms with van der Waals surface area (Å²) in [6.07, 6.45) is 2.69. The van der Waals surface area contributed by atoms with E-state index in [0.29, 0.717) is 13.1 Å². The number of carbonyl (C=O) groups excluding carboxylic acids is 3. The summed E-state index contributed by atoms with van der Waals surface area (Å²) in [5.41, 5.74) is 2.09. The lowest BCUT2D eigenvalue weighted by Crippen LogP contribution is -2.54. The van der Waals surface area contributed by atoms with E-state index in [2.05, 4.69) is 30.2 Å². The van der Waals surface area contributed by atoms with E-state index in [0.717, 1.165) is 42.4 Å². The summed E-state index contributed by atoms with van der Waals surface area (Å²) < 4.78 is 5.34. The Hall–Kier alpha value is -2.22. The molecule has 7 nitrogen and oxygen atoms in total. The molecular weight excluding hydrogens is 450 g/mol. The number of aryl methyl sites for hydroxylation is 2. The van der Waals surface area contributed by atoms with Crippen LogP contribution >= 0.6 is 12.6 Å². The van der Waals surface area contributed by atoms with Crippen LogP contribution in [0.1, 0.15) is 83.0 Å². The highest BCUT2D eigenvalue weighted by Gasteiger charge is 2.35. The van der Waals surface area contributed by atoms with Crippen molar-refractivity contribution in [3.63, 3.8) is 0 Å². The molecule has 0 aliphatic heterocycles. The Bertz CT molecular complexity index is 803. The predicted octanol–water partition coefficient (Wildman–Crippen LogP) is 4.71. The summed E-state index contributed by atoms with van der Waals surface area (Å²) in [6.45, 7) is 14.2. The van der Waals surface area contributed by atoms with Gasteiger partial charge in [0.25, 0.3) is 0 Å². The van der Waals surface area contributed by atoms with Gasteiger partial charge in [0.05, 0.1) is 0 Å². The molecule has 192 valence electrons. The minimum absolute atomic E-state index is 0.0811. The normalized spacial score (nSPS) is 13.1. The summed E-state index contributed by atoms with van der Waals surface area (Å²) in [7, 11) is 0. The first-order chi connectivity index (χ1) is 15.9. The molecule has 1 aromatic rings. The maximum absolute atomic E-state index is 13.7. The first kappa shape index (κ1) is 29.8. The van der Waals surface area contributed by atoms with Gasteiger partial charge in [-0.25, -0.2) is 4.79 Å². The number of nitrogens with one attached hydrogen (secondary N) is 2. The topological polar surface area (TPSA) is 87.7 Å². The zero-order chi connectivity index (χ0) is 25.9. The van der Waals surface area contributed by atoms with Crippen LogP contribution in [0.5, 0.6) is 0 Å². The number of thiol groups is 1. The molecule has 0 heterocycles. The highest BCUT2D eigenvalue weighted by molar-refractivity contribution is 7.80. The lowest BCUT2D eigenvalue weighted by Gasteiger charge is -2.34. The molecule has 0 bridgehead atoms. The lowest BCUT2D eigenvalue weighted by molar-refractivity contribution is -0.142. The minimum atomic E-state index is -0.924. The Balaban J connectivity index is 3.38. The molecule has 0 aliphatic carbocycles. The molecule has 2 unspecified atom stereocenters. The number of carbonyl (C=O) groups is 3. The number of unbranched alkanes of at least 4 members (excludes halogenated alkanes) is 2. The van der Waals surface area contributed by atoms with E-state index in [9.17, 15) is 14.4 Å². The average Bonchev–Trinajstić information content (AvgIpc) is 2.72. The van der Waals surface area contributed by atoms with E-state index in [-0.39, 0.29) is 17.6 Å². The highest BCUT2D eigenvalue weighted by Crippen LogP contribution is 2.25. The molecule has 0 radical (unpaired) electrons. The lowest BCUT2D eigenvalue weighted by atomic mass is 9.98. The largest absolute Gasteiger partial charge is 0.444 e. The summed E-state index contributed by atoms with van der Waals surface area (Å²) in [5.74, 6) is -0.500. The van der Waals surface area contributed by atoms with Crippen LogP contribution in [-0.4, -0.2) is 53.3 Å². The quantitative estimate of drug-likeness (QED) is 0.291. The number of rotatable bonds is 12. The fraction of sp³-hybridized carbons (Fsp3) is 0.654. The van der Waals surface area contributed by atoms with Crippen LogP contribution in [0.15, 0.2) is 18.2 Å². The molecule has 0 aromatic heterocycles. The van der Waals surface area contributed by atoms with Gasteiger partial charge in [0.15, 0.2) is 0 Å². The first-order valence-corrected chi connectivity index (χ1v) is 12.8. The summed E-state index contributed by atoms with van der Waals surface area (Å²) in [4.78, 5) is 41.1. The third kappa shape index (κ3) is 9.95. The van der Waals surface area contributed by atoms with E-state index in [1.54, 1.807) is 25.7 Å². The molecule has 1 aromatic carbocycles. The summed E-state index contributed by atoms with van der Waals surface area (Å²) in [5, 5.41) is 5.64. The fourth-order valence-corrected chi connectivity index (χ4v) is 3.90. The van der Waals surface area contributed by atoms with Gasteiger partial charge in [-0.1, -0.05) is 56.0 Å². The first-order valence-electron chi connectivity index (χ1n) is 12.2. The SMILES string of the molecule is CCCCNC(=O)C(c1cc(C)cc(C)c1)N(CCCC)C(=O)C(CS)NC(=O)OC(C)(C)C. The van der Waals surface area contributed by atoms with Crippen molar-refractivity contribution in [3.8, 4) is 0 Å². The summed E-state index contributed by atoms with van der Waals surface area (Å²) in [6, 6.07) is 4.19. The van der Waals surface area contributed by atoms with Gasteiger partial charge in [-0.2, -0.15) is 12.6 Å². The van der Waals surface area contributed by atoms with Crippen LogP contribution in [-0.2, 0) is 14.3 Å². The zero-order valence-electron chi connectivity index (χ0n) is 21.9. The van der Waals surface area contributed by atoms with E-state index in [1.807, 2.05) is 39.0 Å². The van der Waals surface area contributed by atoms with Crippen LogP contribution in [0, 0.1) is 13.8 Å². The molecule has 8 heteroatoms. The van der Waals surface area contributed by atoms with Gasteiger partial charge in [0.1, 0.15) is 17.7 Å². The van der Waals surface area contributed by atoms with Crippen molar-refractivity contribution in [2.45, 2.75) is 91.8 Å². The molecule has 2 N–H and O–H groups in total. The van der Waals surface area contributed by atoms with Gasteiger partial charge in [-0.3, -0.25) is 9.59 Å². The highest BCUT2D eigenvalue weighted by atomic mass is 32.1. The molecule has 0 saturated carbocycles. The zero-order valence-corrected chi connectivity index (χ0v) is 22.8. The van der Waals surface area contributed by atoms with E-state index in [1.165, 1.54) is 0 Å². The van der Waals surface area contributed by atoms with Gasteiger partial charge < -0.3 is 20.3 Å². The van der Waals surface area contributed by atoms with Gasteiger partial charge in [0.2, 0.25) is 11.8 Å². The Kier molecular flexibility index (Phi) is 12.5. The van der Waals surface area contributed by atoms with Crippen molar-refractivity contribution < 1.29 is 19.1 Å². The van der Waals surface area contributed by atoms with Crippen molar-refractivity contribution in [1.82, 2.24) is 15.5 Å². The Labute approximate surface area is 210 Å². The van der Waals surface area contributed by atoms with E-state index in [4.69, 9.17) is 4.74 Å². The molecule has 1 rings (SSSR count). The van der Waals surface area contributed by atoms with Gasteiger partial charge >= 0.3 is 6.09 Å². The molecule has 0 aliphatic rings. The van der Waals surface area contributed by atoms with Crippen molar-refractivity contribution in [3.05, 3.63) is 34.9 Å². The maximum atomic E-state index is 13.7. The maximum Gasteiger partial charge on any atom is 0.408 e. The number of hydrogen-bond donors (Lipinski definition) is 3. The monoisotopic (exact) mass is 493 g/mol. The molecule has 0 spiro atoms. The summed E-state index contributed by atoms with van der Waals surface area (Å²) >= 11 is 4.32. The molecule has 0 fully saturated rings. The Morgan fingerprint density at radius 1 is 1.03 bits per heavy atom. The second-order valence-corrected chi connectivity index (χ2v) is 10.1. The van der Waals surface area contributed by atoms with Crippen molar-refractivity contribution in [2.75, 3.05) is 18.8 Å². The average molecular weight is 494 g/mol. The predicted molar refractivity (Wildman–Crippen MR) is 140 cm³/mol. The van der Waals surface area contributed by atoms with Crippen LogP contribution < -0.4 is 10.6 Å². The standard InChI is InChI=1S/C26H43N3O4S/c1-8-10-12-27-23(30)22(20-15-18(3)14-19(4)16-20)29(13-11-9-2)24(31)21(17-34)28-25(32)33-26(5,6)7/h14-16,21-22,34H,8-13,17H2,1-7H3,(H,27,30)(H,28,32). The molecular formula is C26H43N3O4S. The Morgan fingerprint density at radius 2 is 1.62 bits per heavy atom. The molecule has 0 saturated heterocycles. The van der Waals surface area contributed by atoms with Gasteiger partial charge in [0, 0.05) is 18.8 Å². The van der Waals surface area contributed by atoms with Crippen LogP contribution in [0.2, 0.25) is 0 Å². The second kappa shape index (κ2) is 14.2. The van der Waals surface area contributed by atoms with E-state index >= 15 is 0 Å². The number of nitrogens with zero attached hydrogens (tertiary/aromatic N) is 1. The third-order valence-corrected chi connectivity index (χ3v) is 5.52. The fourth-order valence-electron chi connectivity index (χ4n) is 3.66. The molecule has 2 atom stereocenters. The number of benzene rings is 1. The Morgan fingerprint density at radius 3 is 2.12 bits per heavy atom. The van der Waals surface area contributed by atoms with Crippen LogP contribution in [0.3, 0.4) is 0 Å². The van der Waals surface area contributed by atoms with Gasteiger partial charge in [-0.05, 0) is 53.0 Å². The number of amides is 3. The third-order valence-electron chi connectivity index (χ3n) is 5.16.